The number of rotatable bonds is 6. The van der Waals surface area contributed by atoms with Gasteiger partial charge in [0.15, 0.2) is 0 Å². The highest BCUT2D eigenvalue weighted by Gasteiger charge is 2.22. The van der Waals surface area contributed by atoms with E-state index in [1.165, 1.54) is 21.7 Å². The second-order valence-corrected chi connectivity index (χ2v) is 7.52. The number of nitrogens with zero attached hydrogens (tertiary/aromatic N) is 1. The largest absolute Gasteiger partial charge is 0.437 e. The lowest BCUT2D eigenvalue weighted by atomic mass is 9.85. The second-order valence-electron chi connectivity index (χ2n) is 5.90. The van der Waals surface area contributed by atoms with Crippen LogP contribution in [0.15, 0.2) is 53.3 Å². The van der Waals surface area contributed by atoms with Crippen LogP contribution in [0.3, 0.4) is 0 Å². The molecular formula is C19H23ClN2O2S. The first-order valence-corrected chi connectivity index (χ1v) is 9.57. The molecule has 1 heterocycles. The molecule has 1 fully saturated rings. The number of aryl methyl sites for hydroxylation is 1. The van der Waals surface area contributed by atoms with Crippen molar-refractivity contribution in [1.82, 2.24) is 5.32 Å². The van der Waals surface area contributed by atoms with Crippen LogP contribution in [0.4, 0.5) is 4.79 Å². The van der Waals surface area contributed by atoms with Gasteiger partial charge in [-0.3, -0.25) is 10.2 Å². The lowest BCUT2D eigenvalue weighted by molar-refractivity contribution is 0.152. The molecule has 1 N–H and O–H groups in total. The van der Waals surface area contributed by atoms with Crippen molar-refractivity contribution < 1.29 is 9.63 Å². The van der Waals surface area contributed by atoms with Crippen molar-refractivity contribution >= 4 is 34.7 Å². The Balaban J connectivity index is 1.97. The quantitative estimate of drug-likeness (QED) is 0.392. The van der Waals surface area contributed by atoms with Crippen molar-refractivity contribution in [2.24, 2.45) is 11.1 Å². The highest BCUT2D eigenvalue weighted by molar-refractivity contribution is 7.11. The van der Waals surface area contributed by atoms with E-state index in [0.29, 0.717) is 11.6 Å². The standard InChI is InChI=1S/C19H23ClN2O2S/c1-3-6-16(11-12-20)21-19(23)24-22-18-8-5-4-7-15(18)13-17-10-9-14(2)25-17/h3,6,9-12,15H,1,4-5,7-8,13H2,2H3,(H,21,23)/b12-11+,16-6+,22-18+. The van der Waals surface area contributed by atoms with Gasteiger partial charge in [0, 0.05) is 26.9 Å². The van der Waals surface area contributed by atoms with E-state index < -0.39 is 6.09 Å². The summed E-state index contributed by atoms with van der Waals surface area (Å²) in [7, 11) is 0. The Kier molecular flexibility index (Phi) is 7.95. The summed E-state index contributed by atoms with van der Waals surface area (Å²) >= 11 is 7.35. The first-order chi connectivity index (χ1) is 12.1. The first-order valence-electron chi connectivity index (χ1n) is 8.32. The molecule has 1 atom stereocenters. The molecule has 0 bridgehead atoms. The van der Waals surface area contributed by atoms with Crippen molar-refractivity contribution in [2.75, 3.05) is 0 Å². The summed E-state index contributed by atoms with van der Waals surface area (Å²) in [5.74, 6) is 0.338. The zero-order valence-electron chi connectivity index (χ0n) is 14.3. The van der Waals surface area contributed by atoms with E-state index in [0.717, 1.165) is 31.4 Å². The summed E-state index contributed by atoms with van der Waals surface area (Å²) in [4.78, 5) is 19.7. The molecule has 0 spiro atoms. The lowest BCUT2D eigenvalue weighted by Crippen LogP contribution is -2.25. The minimum atomic E-state index is -0.633. The van der Waals surface area contributed by atoms with Gasteiger partial charge in [-0.25, -0.2) is 4.79 Å². The smallest absolute Gasteiger partial charge is 0.298 e. The maximum Gasteiger partial charge on any atom is 0.437 e. The Morgan fingerprint density at radius 2 is 2.36 bits per heavy atom. The molecule has 6 heteroatoms. The number of amides is 1. The van der Waals surface area contributed by atoms with Gasteiger partial charge in [0.25, 0.3) is 0 Å². The molecule has 25 heavy (non-hydrogen) atoms. The molecule has 4 nitrogen and oxygen atoms in total. The van der Waals surface area contributed by atoms with Crippen molar-refractivity contribution in [3.63, 3.8) is 0 Å². The average Bonchev–Trinajstić information content (AvgIpc) is 2.99. The Morgan fingerprint density at radius 3 is 3.04 bits per heavy atom. The number of hydrogen-bond donors (Lipinski definition) is 1. The fourth-order valence-corrected chi connectivity index (χ4v) is 3.93. The maximum atomic E-state index is 11.9. The van der Waals surface area contributed by atoms with Gasteiger partial charge >= 0.3 is 6.09 Å². The molecule has 1 unspecified atom stereocenters. The van der Waals surface area contributed by atoms with Gasteiger partial charge < -0.3 is 0 Å². The van der Waals surface area contributed by atoms with Gasteiger partial charge in [-0.15, -0.1) is 11.3 Å². The highest BCUT2D eigenvalue weighted by Crippen LogP contribution is 2.28. The van der Waals surface area contributed by atoms with Crippen LogP contribution in [0.5, 0.6) is 0 Å². The van der Waals surface area contributed by atoms with E-state index in [-0.39, 0.29) is 0 Å². The molecule has 134 valence electrons. The Labute approximate surface area is 157 Å². The van der Waals surface area contributed by atoms with Crippen molar-refractivity contribution in [3.05, 3.63) is 57.9 Å². The van der Waals surface area contributed by atoms with Gasteiger partial charge in [0.05, 0.1) is 5.71 Å². The normalized spacial score (nSPS) is 20.0. The van der Waals surface area contributed by atoms with Crippen LogP contribution >= 0.6 is 22.9 Å². The summed E-state index contributed by atoms with van der Waals surface area (Å²) in [6.07, 6.45) is 9.27. The molecule has 1 aromatic heterocycles. The van der Waals surface area contributed by atoms with Crippen LogP contribution in [-0.4, -0.2) is 11.8 Å². The van der Waals surface area contributed by atoms with Crippen molar-refractivity contribution in [1.29, 1.82) is 0 Å². The number of nitrogens with one attached hydrogen (secondary N) is 1. The van der Waals surface area contributed by atoms with Crippen LogP contribution < -0.4 is 5.32 Å². The van der Waals surface area contributed by atoms with E-state index in [1.54, 1.807) is 18.2 Å². The van der Waals surface area contributed by atoms with E-state index in [1.807, 2.05) is 11.3 Å². The number of hydrogen-bond acceptors (Lipinski definition) is 4. The molecule has 1 aliphatic rings. The SMILES string of the molecule is C=C/C=C(\C=C\Cl)NC(=O)O/N=C1\CCCCC1Cc1ccc(C)s1. The molecule has 2 rings (SSSR count). The van der Waals surface area contributed by atoms with Gasteiger partial charge in [0.2, 0.25) is 0 Å². The van der Waals surface area contributed by atoms with Crippen LogP contribution in [0.1, 0.15) is 35.4 Å². The van der Waals surface area contributed by atoms with Gasteiger partial charge in [0.1, 0.15) is 0 Å². The monoisotopic (exact) mass is 378 g/mol. The molecule has 1 aliphatic carbocycles. The highest BCUT2D eigenvalue weighted by atomic mass is 35.5. The molecule has 0 aromatic carbocycles. The van der Waals surface area contributed by atoms with Crippen molar-refractivity contribution in [2.45, 2.75) is 39.0 Å². The van der Waals surface area contributed by atoms with Crippen LogP contribution in [0, 0.1) is 12.8 Å². The minimum absolute atomic E-state index is 0.338. The molecule has 1 amide bonds. The topological polar surface area (TPSA) is 50.7 Å². The van der Waals surface area contributed by atoms with Crippen molar-refractivity contribution in [3.8, 4) is 0 Å². The molecule has 1 aromatic rings. The second kappa shape index (κ2) is 10.2. The molecule has 1 saturated carbocycles. The predicted molar refractivity (Wildman–Crippen MR) is 105 cm³/mol. The van der Waals surface area contributed by atoms with Crippen LogP contribution in [0.25, 0.3) is 0 Å². The number of thiophene rings is 1. The summed E-state index contributed by atoms with van der Waals surface area (Å²) < 4.78 is 0. The maximum absolute atomic E-state index is 11.9. The van der Waals surface area contributed by atoms with E-state index in [2.05, 4.69) is 36.1 Å². The number of allylic oxidation sites excluding steroid dienone is 3. The Hall–Kier alpha value is -1.85. The third-order valence-corrected chi connectivity index (χ3v) is 5.13. The van der Waals surface area contributed by atoms with E-state index in [4.69, 9.17) is 16.4 Å². The Morgan fingerprint density at radius 1 is 1.52 bits per heavy atom. The fraction of sp³-hybridized carbons (Fsp3) is 0.368. The van der Waals surface area contributed by atoms with Crippen LogP contribution in [-0.2, 0) is 11.3 Å². The Bertz CT molecular complexity index is 691. The van der Waals surface area contributed by atoms with Gasteiger partial charge in [-0.2, -0.15) is 0 Å². The number of oxime groups is 1. The zero-order valence-corrected chi connectivity index (χ0v) is 15.9. The summed E-state index contributed by atoms with van der Waals surface area (Å²) in [6.45, 7) is 5.70. The summed E-state index contributed by atoms with van der Waals surface area (Å²) in [6, 6.07) is 4.31. The fourth-order valence-electron chi connectivity index (χ4n) is 2.82. The third-order valence-electron chi connectivity index (χ3n) is 3.98. The average molecular weight is 379 g/mol. The molecular weight excluding hydrogens is 356 g/mol. The molecule has 0 aliphatic heterocycles. The van der Waals surface area contributed by atoms with Gasteiger partial charge in [-0.1, -0.05) is 35.8 Å². The predicted octanol–water partition coefficient (Wildman–Crippen LogP) is 5.69. The first kappa shape index (κ1) is 19.5. The van der Waals surface area contributed by atoms with Crippen LogP contribution in [0.2, 0.25) is 0 Å². The molecule has 0 saturated heterocycles. The summed E-state index contributed by atoms with van der Waals surface area (Å²) in [5.41, 5.74) is 2.76. The van der Waals surface area contributed by atoms with E-state index >= 15 is 0 Å². The van der Waals surface area contributed by atoms with E-state index in [9.17, 15) is 4.79 Å². The lowest BCUT2D eigenvalue weighted by Gasteiger charge is -2.22. The number of halogens is 1. The number of carbonyl (C=O) groups is 1. The zero-order chi connectivity index (χ0) is 18.1. The van der Waals surface area contributed by atoms with Gasteiger partial charge in [-0.05, 0) is 56.9 Å². The third kappa shape index (κ3) is 6.52. The number of carbonyl (C=O) groups excluding carboxylic acids is 1. The molecule has 0 radical (unpaired) electrons. The summed E-state index contributed by atoms with van der Waals surface area (Å²) in [5, 5.41) is 6.72. The minimum Gasteiger partial charge on any atom is -0.298 e.